The Morgan fingerprint density at radius 1 is 1.06 bits per heavy atom. The second-order valence-electron chi connectivity index (χ2n) is 8.19. The molecule has 4 rings (SSSR count). The number of nitrogens with one attached hydrogen (secondary N) is 1. The van der Waals surface area contributed by atoms with E-state index in [-0.39, 0.29) is 11.7 Å². The van der Waals surface area contributed by atoms with E-state index in [1.54, 1.807) is 0 Å². The molecule has 0 spiro atoms. The van der Waals surface area contributed by atoms with Gasteiger partial charge in [0.1, 0.15) is 12.4 Å². The molecule has 0 saturated heterocycles. The summed E-state index contributed by atoms with van der Waals surface area (Å²) in [6, 6.07) is 12.3. The van der Waals surface area contributed by atoms with E-state index in [1.165, 1.54) is 39.8 Å². The molecule has 176 valence electrons. The minimum Gasteiger partial charge on any atom is -0.485 e. The Morgan fingerprint density at radius 3 is 2.65 bits per heavy atom. The van der Waals surface area contributed by atoms with Crippen LogP contribution in [0, 0.1) is 27.7 Å². The topological polar surface area (TPSA) is 81.9 Å². The molecule has 1 amide bonds. The molecule has 1 N–H and O–H groups in total. The SMILES string of the molecule is Cc1ccc(OCc2nnc(SCC(=O)Nc3nc(-c4ccc(C)c(C)c4)cs3)n2C)c(C)c1. The number of carbonyl (C=O) groups excluding carboxylic acids is 1. The Labute approximate surface area is 207 Å². The number of hydrogen-bond donors (Lipinski definition) is 1. The van der Waals surface area contributed by atoms with Crippen LogP contribution < -0.4 is 10.1 Å². The second-order valence-corrected chi connectivity index (χ2v) is 9.99. The maximum absolute atomic E-state index is 12.5. The zero-order chi connectivity index (χ0) is 24.2. The van der Waals surface area contributed by atoms with Crippen molar-refractivity contribution in [2.24, 2.45) is 7.05 Å². The Hall–Kier alpha value is -3.17. The first kappa shape index (κ1) is 24.0. The monoisotopic (exact) mass is 493 g/mol. The smallest absolute Gasteiger partial charge is 0.236 e. The van der Waals surface area contributed by atoms with Crippen molar-refractivity contribution in [2.45, 2.75) is 39.5 Å². The fourth-order valence-corrected chi connectivity index (χ4v) is 4.82. The molecule has 0 aliphatic heterocycles. The van der Waals surface area contributed by atoms with Crippen LogP contribution in [0.15, 0.2) is 46.9 Å². The van der Waals surface area contributed by atoms with Gasteiger partial charge in [0.2, 0.25) is 5.91 Å². The third-order valence-electron chi connectivity index (χ3n) is 5.50. The molecule has 2 heterocycles. The molecule has 7 nitrogen and oxygen atoms in total. The molecule has 0 atom stereocenters. The number of aromatic nitrogens is 4. The minimum atomic E-state index is -0.137. The molecule has 4 aromatic rings. The predicted octanol–water partition coefficient (Wildman–Crippen LogP) is 5.48. The van der Waals surface area contributed by atoms with Crippen LogP contribution >= 0.6 is 23.1 Å². The van der Waals surface area contributed by atoms with Gasteiger partial charge >= 0.3 is 0 Å². The summed E-state index contributed by atoms with van der Waals surface area (Å²) in [4.78, 5) is 17.0. The first-order valence-electron chi connectivity index (χ1n) is 10.8. The second kappa shape index (κ2) is 10.4. The van der Waals surface area contributed by atoms with Crippen molar-refractivity contribution < 1.29 is 9.53 Å². The highest BCUT2D eigenvalue weighted by Gasteiger charge is 2.14. The zero-order valence-electron chi connectivity index (χ0n) is 19.9. The summed E-state index contributed by atoms with van der Waals surface area (Å²) in [5.74, 6) is 1.59. The van der Waals surface area contributed by atoms with Crippen molar-refractivity contribution in [1.82, 2.24) is 19.7 Å². The Kier molecular flexibility index (Phi) is 7.33. The van der Waals surface area contributed by atoms with Crippen LogP contribution in [0.4, 0.5) is 5.13 Å². The third kappa shape index (κ3) is 5.66. The van der Waals surface area contributed by atoms with Crippen LogP contribution in [-0.4, -0.2) is 31.4 Å². The van der Waals surface area contributed by atoms with Gasteiger partial charge in [-0.2, -0.15) is 0 Å². The van der Waals surface area contributed by atoms with Gasteiger partial charge in [-0.25, -0.2) is 4.98 Å². The van der Waals surface area contributed by atoms with Crippen LogP contribution in [0.3, 0.4) is 0 Å². The van der Waals surface area contributed by atoms with E-state index in [2.05, 4.69) is 59.5 Å². The minimum absolute atomic E-state index is 0.137. The molecule has 0 fully saturated rings. The van der Waals surface area contributed by atoms with Crippen molar-refractivity contribution in [1.29, 1.82) is 0 Å². The lowest BCUT2D eigenvalue weighted by Gasteiger charge is -2.09. The number of ether oxygens (including phenoxy) is 1. The average molecular weight is 494 g/mol. The highest BCUT2D eigenvalue weighted by atomic mass is 32.2. The van der Waals surface area contributed by atoms with Crippen LogP contribution in [0.1, 0.15) is 28.1 Å². The van der Waals surface area contributed by atoms with Crippen molar-refractivity contribution >= 4 is 34.1 Å². The van der Waals surface area contributed by atoms with Gasteiger partial charge in [-0.1, -0.05) is 41.6 Å². The first-order valence-corrected chi connectivity index (χ1v) is 12.7. The molecule has 9 heteroatoms. The van der Waals surface area contributed by atoms with Crippen molar-refractivity contribution in [3.63, 3.8) is 0 Å². The van der Waals surface area contributed by atoms with Crippen LogP contribution in [-0.2, 0) is 18.4 Å². The fraction of sp³-hybridized carbons (Fsp3) is 0.280. The number of benzene rings is 2. The molecular formula is C25H27N5O2S2. The Bertz CT molecular complexity index is 1330. The fourth-order valence-electron chi connectivity index (χ4n) is 3.35. The lowest BCUT2D eigenvalue weighted by atomic mass is 10.1. The van der Waals surface area contributed by atoms with Gasteiger partial charge in [0, 0.05) is 18.0 Å². The van der Waals surface area contributed by atoms with Gasteiger partial charge in [-0.05, 0) is 56.5 Å². The molecule has 0 unspecified atom stereocenters. The van der Waals surface area contributed by atoms with Crippen LogP contribution in [0.5, 0.6) is 5.75 Å². The highest BCUT2D eigenvalue weighted by Crippen LogP contribution is 2.27. The summed E-state index contributed by atoms with van der Waals surface area (Å²) in [6.45, 7) is 8.55. The quantitative estimate of drug-likeness (QED) is 0.327. The van der Waals surface area contributed by atoms with Gasteiger partial charge in [-0.3, -0.25) is 4.79 Å². The molecule has 2 aromatic carbocycles. The number of nitrogens with zero attached hydrogens (tertiary/aromatic N) is 4. The number of anilines is 1. The summed E-state index contributed by atoms with van der Waals surface area (Å²) >= 11 is 2.74. The maximum atomic E-state index is 12.5. The lowest BCUT2D eigenvalue weighted by Crippen LogP contribution is -2.14. The molecule has 34 heavy (non-hydrogen) atoms. The van der Waals surface area contributed by atoms with E-state index in [4.69, 9.17) is 4.74 Å². The van der Waals surface area contributed by atoms with Gasteiger partial charge in [0.05, 0.1) is 11.4 Å². The molecule has 2 aromatic heterocycles. The molecule has 0 saturated carbocycles. The third-order valence-corrected chi connectivity index (χ3v) is 7.28. The molecule has 0 aliphatic carbocycles. The molecule has 0 bridgehead atoms. The largest absolute Gasteiger partial charge is 0.485 e. The van der Waals surface area contributed by atoms with Gasteiger partial charge in [0.25, 0.3) is 0 Å². The number of carbonyl (C=O) groups is 1. The number of rotatable bonds is 8. The molecule has 0 radical (unpaired) electrons. The van der Waals surface area contributed by atoms with Crippen LogP contribution in [0.25, 0.3) is 11.3 Å². The van der Waals surface area contributed by atoms with Crippen molar-refractivity contribution in [3.05, 3.63) is 69.9 Å². The van der Waals surface area contributed by atoms with E-state index in [0.717, 1.165) is 22.6 Å². The Balaban J connectivity index is 1.31. The molecular weight excluding hydrogens is 466 g/mol. The number of amides is 1. The van der Waals surface area contributed by atoms with Crippen molar-refractivity contribution in [2.75, 3.05) is 11.1 Å². The summed E-state index contributed by atoms with van der Waals surface area (Å²) < 4.78 is 7.76. The normalized spacial score (nSPS) is 11.0. The Morgan fingerprint density at radius 2 is 1.88 bits per heavy atom. The van der Waals surface area contributed by atoms with E-state index < -0.39 is 0 Å². The summed E-state index contributed by atoms with van der Waals surface area (Å²) in [5, 5.41) is 14.5. The van der Waals surface area contributed by atoms with Gasteiger partial charge in [0.15, 0.2) is 16.1 Å². The lowest BCUT2D eigenvalue weighted by molar-refractivity contribution is -0.113. The summed E-state index contributed by atoms with van der Waals surface area (Å²) in [7, 11) is 1.87. The number of thiazole rings is 1. The average Bonchev–Trinajstić information content (AvgIpc) is 3.40. The van der Waals surface area contributed by atoms with E-state index >= 15 is 0 Å². The molecule has 0 aliphatic rings. The van der Waals surface area contributed by atoms with E-state index in [9.17, 15) is 4.79 Å². The number of hydrogen-bond acceptors (Lipinski definition) is 7. The van der Waals surface area contributed by atoms with E-state index in [0.29, 0.717) is 22.7 Å². The van der Waals surface area contributed by atoms with Gasteiger partial charge < -0.3 is 14.6 Å². The zero-order valence-corrected chi connectivity index (χ0v) is 21.5. The van der Waals surface area contributed by atoms with Crippen molar-refractivity contribution in [3.8, 4) is 17.0 Å². The number of aryl methyl sites for hydroxylation is 4. The first-order chi connectivity index (χ1) is 16.3. The highest BCUT2D eigenvalue weighted by molar-refractivity contribution is 7.99. The van der Waals surface area contributed by atoms with Gasteiger partial charge in [-0.15, -0.1) is 21.5 Å². The maximum Gasteiger partial charge on any atom is 0.236 e. The summed E-state index contributed by atoms with van der Waals surface area (Å²) in [6.07, 6.45) is 0. The standard InChI is InChI=1S/C25H27N5O2S2/c1-15-6-9-21(18(4)10-15)32-12-22-28-29-25(30(22)5)34-14-23(31)27-24-26-20(13-33-24)19-8-7-16(2)17(3)11-19/h6-11,13H,12,14H2,1-5H3,(H,26,27,31). The van der Waals surface area contributed by atoms with Crippen LogP contribution in [0.2, 0.25) is 0 Å². The number of thioether (sulfide) groups is 1. The van der Waals surface area contributed by atoms with E-state index in [1.807, 2.05) is 42.1 Å². The predicted molar refractivity (Wildman–Crippen MR) is 138 cm³/mol. The summed E-state index contributed by atoms with van der Waals surface area (Å²) in [5.41, 5.74) is 6.64.